The Balaban J connectivity index is 1.78. The van der Waals surface area contributed by atoms with E-state index in [1.807, 2.05) is 36.4 Å². The van der Waals surface area contributed by atoms with E-state index in [1.165, 1.54) is 5.56 Å². The van der Waals surface area contributed by atoms with Crippen LogP contribution in [-0.2, 0) is 5.41 Å². The maximum absolute atomic E-state index is 12.0. The van der Waals surface area contributed by atoms with Gasteiger partial charge in [-0.3, -0.25) is 4.79 Å². The van der Waals surface area contributed by atoms with E-state index >= 15 is 0 Å². The Morgan fingerprint density at radius 3 is 2.43 bits per heavy atom. The number of carbonyl (C=O) groups excluding carboxylic acids is 1. The Bertz CT molecular complexity index is 660. The number of hydrogen-bond acceptors (Lipinski definition) is 2. The second-order valence-electron chi connectivity index (χ2n) is 6.39. The summed E-state index contributed by atoms with van der Waals surface area (Å²) in [5, 5.41) is 2.86. The minimum atomic E-state index is -0.0739. The van der Waals surface area contributed by atoms with Gasteiger partial charge in [0.05, 0.1) is 6.54 Å². The Labute approximate surface area is 151 Å². The maximum Gasteiger partial charge on any atom is 0.251 e. The predicted molar refractivity (Wildman–Crippen MR) is 102 cm³/mol. The molecule has 0 radical (unpaired) electrons. The van der Waals surface area contributed by atoms with Crippen LogP contribution < -0.4 is 10.1 Å². The molecule has 4 heteroatoms. The van der Waals surface area contributed by atoms with Crippen molar-refractivity contribution in [3.8, 4) is 5.75 Å². The number of benzene rings is 2. The highest BCUT2D eigenvalue weighted by Gasteiger charge is 2.12. The molecular weight excluding hydrogens is 401 g/mol. The third-order valence-electron chi connectivity index (χ3n) is 3.46. The molecule has 0 saturated heterocycles. The van der Waals surface area contributed by atoms with E-state index in [-0.39, 0.29) is 11.3 Å². The summed E-state index contributed by atoms with van der Waals surface area (Å²) in [4.78, 5) is 12.0. The SMILES string of the molecule is CC(C)(C)c1ccc(OCCNC(=O)c2cccc(I)c2)cc1. The fourth-order valence-electron chi connectivity index (χ4n) is 2.12. The van der Waals surface area contributed by atoms with Crippen LogP contribution in [0.5, 0.6) is 5.75 Å². The smallest absolute Gasteiger partial charge is 0.251 e. The molecular formula is C19H22INO2. The molecule has 0 atom stereocenters. The van der Waals surface area contributed by atoms with Crippen LogP contribution in [0.2, 0.25) is 0 Å². The Morgan fingerprint density at radius 1 is 1.13 bits per heavy atom. The lowest BCUT2D eigenvalue weighted by molar-refractivity contribution is 0.0947. The number of rotatable bonds is 5. The van der Waals surface area contributed by atoms with Gasteiger partial charge in [0.1, 0.15) is 12.4 Å². The minimum Gasteiger partial charge on any atom is -0.492 e. The molecule has 0 fully saturated rings. The van der Waals surface area contributed by atoms with Gasteiger partial charge in [-0.25, -0.2) is 0 Å². The van der Waals surface area contributed by atoms with Crippen LogP contribution in [0.4, 0.5) is 0 Å². The van der Waals surface area contributed by atoms with Crippen LogP contribution in [0.15, 0.2) is 48.5 Å². The Hall–Kier alpha value is -1.56. The van der Waals surface area contributed by atoms with Gasteiger partial charge in [0.25, 0.3) is 5.91 Å². The largest absolute Gasteiger partial charge is 0.492 e. The molecule has 0 aliphatic heterocycles. The Morgan fingerprint density at radius 2 is 1.83 bits per heavy atom. The van der Waals surface area contributed by atoms with E-state index in [9.17, 15) is 4.79 Å². The van der Waals surface area contributed by atoms with Crippen molar-refractivity contribution in [2.75, 3.05) is 13.2 Å². The van der Waals surface area contributed by atoms with Crippen LogP contribution in [0.3, 0.4) is 0 Å². The number of ether oxygens (including phenoxy) is 1. The van der Waals surface area contributed by atoms with Crippen molar-refractivity contribution in [1.82, 2.24) is 5.32 Å². The number of nitrogens with one attached hydrogen (secondary N) is 1. The van der Waals surface area contributed by atoms with Gasteiger partial charge in [0, 0.05) is 9.13 Å². The van der Waals surface area contributed by atoms with Crippen LogP contribution >= 0.6 is 22.6 Å². The fraction of sp³-hybridized carbons (Fsp3) is 0.316. The predicted octanol–water partition coefficient (Wildman–Crippen LogP) is 4.40. The molecule has 0 bridgehead atoms. The summed E-state index contributed by atoms with van der Waals surface area (Å²) in [5.41, 5.74) is 2.09. The first-order valence-electron chi connectivity index (χ1n) is 7.63. The molecule has 0 unspecified atom stereocenters. The second kappa shape index (κ2) is 7.81. The first kappa shape index (κ1) is 17.8. The van der Waals surface area contributed by atoms with Crippen LogP contribution in [0, 0.1) is 3.57 Å². The van der Waals surface area contributed by atoms with Gasteiger partial charge in [-0.2, -0.15) is 0 Å². The fourth-order valence-corrected chi connectivity index (χ4v) is 2.66. The highest BCUT2D eigenvalue weighted by Crippen LogP contribution is 2.24. The summed E-state index contributed by atoms with van der Waals surface area (Å²) >= 11 is 2.19. The van der Waals surface area contributed by atoms with Gasteiger partial charge >= 0.3 is 0 Å². The molecule has 122 valence electrons. The highest BCUT2D eigenvalue weighted by molar-refractivity contribution is 14.1. The van der Waals surface area contributed by atoms with E-state index in [1.54, 1.807) is 0 Å². The van der Waals surface area contributed by atoms with Crippen LogP contribution in [0.25, 0.3) is 0 Å². The van der Waals surface area contributed by atoms with Crippen molar-refractivity contribution in [2.24, 2.45) is 0 Å². The zero-order valence-corrected chi connectivity index (χ0v) is 15.9. The lowest BCUT2D eigenvalue weighted by Gasteiger charge is -2.19. The van der Waals surface area contributed by atoms with E-state index in [4.69, 9.17) is 4.74 Å². The highest BCUT2D eigenvalue weighted by atomic mass is 127. The molecule has 0 aromatic heterocycles. The lowest BCUT2D eigenvalue weighted by Crippen LogP contribution is -2.28. The summed E-state index contributed by atoms with van der Waals surface area (Å²) in [6, 6.07) is 15.6. The van der Waals surface area contributed by atoms with Gasteiger partial charge < -0.3 is 10.1 Å². The van der Waals surface area contributed by atoms with E-state index in [2.05, 4.69) is 60.8 Å². The molecule has 0 saturated carbocycles. The molecule has 0 aliphatic carbocycles. The van der Waals surface area contributed by atoms with Gasteiger partial charge in [0.15, 0.2) is 0 Å². The van der Waals surface area contributed by atoms with Crippen molar-refractivity contribution in [3.63, 3.8) is 0 Å². The molecule has 1 amide bonds. The molecule has 23 heavy (non-hydrogen) atoms. The van der Waals surface area contributed by atoms with Gasteiger partial charge in [-0.1, -0.05) is 39.0 Å². The number of amides is 1. The normalized spacial score (nSPS) is 11.1. The zero-order chi connectivity index (χ0) is 16.9. The van der Waals surface area contributed by atoms with Gasteiger partial charge in [-0.05, 0) is 63.9 Å². The molecule has 0 aliphatic rings. The molecule has 0 spiro atoms. The van der Waals surface area contributed by atoms with Crippen LogP contribution in [-0.4, -0.2) is 19.1 Å². The van der Waals surface area contributed by atoms with E-state index < -0.39 is 0 Å². The van der Waals surface area contributed by atoms with Crippen LogP contribution in [0.1, 0.15) is 36.7 Å². The van der Waals surface area contributed by atoms with E-state index in [0.717, 1.165) is 9.32 Å². The van der Waals surface area contributed by atoms with Gasteiger partial charge in [-0.15, -0.1) is 0 Å². The quantitative estimate of drug-likeness (QED) is 0.572. The summed E-state index contributed by atoms with van der Waals surface area (Å²) in [6.07, 6.45) is 0. The number of halogens is 1. The van der Waals surface area contributed by atoms with Crippen molar-refractivity contribution in [2.45, 2.75) is 26.2 Å². The van der Waals surface area contributed by atoms with Crippen molar-refractivity contribution < 1.29 is 9.53 Å². The molecule has 2 aromatic carbocycles. The molecule has 2 rings (SSSR count). The van der Waals surface area contributed by atoms with E-state index in [0.29, 0.717) is 18.7 Å². The third kappa shape index (κ3) is 5.53. The maximum atomic E-state index is 12.0. The van der Waals surface area contributed by atoms with Gasteiger partial charge in [0.2, 0.25) is 0 Å². The Kier molecular flexibility index (Phi) is 6.04. The third-order valence-corrected chi connectivity index (χ3v) is 4.13. The average Bonchev–Trinajstić information content (AvgIpc) is 2.51. The minimum absolute atomic E-state index is 0.0739. The average molecular weight is 423 g/mol. The number of hydrogen-bond donors (Lipinski definition) is 1. The first-order valence-corrected chi connectivity index (χ1v) is 8.71. The summed E-state index contributed by atoms with van der Waals surface area (Å²) in [6.45, 7) is 7.48. The van der Waals surface area contributed by atoms with Crippen molar-refractivity contribution in [3.05, 3.63) is 63.2 Å². The summed E-state index contributed by atoms with van der Waals surface area (Å²) in [5.74, 6) is 0.747. The first-order chi connectivity index (χ1) is 10.9. The molecule has 2 aromatic rings. The molecule has 3 nitrogen and oxygen atoms in total. The lowest BCUT2D eigenvalue weighted by atomic mass is 9.87. The summed E-state index contributed by atoms with van der Waals surface area (Å²) in [7, 11) is 0. The second-order valence-corrected chi connectivity index (χ2v) is 7.63. The van der Waals surface area contributed by atoms with Crippen molar-refractivity contribution >= 4 is 28.5 Å². The number of carbonyl (C=O) groups is 1. The molecule has 0 heterocycles. The summed E-state index contributed by atoms with van der Waals surface area (Å²) < 4.78 is 6.71. The standard InChI is InChI=1S/C19H22INO2/c1-19(2,3)15-7-9-17(10-8-15)23-12-11-21-18(22)14-5-4-6-16(20)13-14/h4-10,13H,11-12H2,1-3H3,(H,21,22). The zero-order valence-electron chi connectivity index (χ0n) is 13.7. The van der Waals surface area contributed by atoms with Crippen molar-refractivity contribution in [1.29, 1.82) is 0 Å². The monoisotopic (exact) mass is 423 g/mol. The molecule has 1 N–H and O–H groups in total. The topological polar surface area (TPSA) is 38.3 Å².